The predicted octanol–water partition coefficient (Wildman–Crippen LogP) is 5.38. The highest BCUT2D eigenvalue weighted by Gasteiger charge is 2.42. The van der Waals surface area contributed by atoms with E-state index >= 15 is 0 Å². The van der Waals surface area contributed by atoms with Gasteiger partial charge in [0.05, 0.1) is 31.2 Å². The number of carbonyl (C=O) groups excluding carboxylic acids is 1. The molecule has 2 aromatic rings. The first-order valence-corrected chi connectivity index (χ1v) is 13.9. The van der Waals surface area contributed by atoms with E-state index in [-0.39, 0.29) is 24.0 Å². The number of nitrogens with zero attached hydrogens (tertiary/aromatic N) is 2. The van der Waals surface area contributed by atoms with Crippen LogP contribution in [0.1, 0.15) is 70.8 Å². The van der Waals surface area contributed by atoms with Crippen molar-refractivity contribution in [3.05, 3.63) is 60.2 Å². The van der Waals surface area contributed by atoms with Crippen molar-refractivity contribution < 1.29 is 33.6 Å². The van der Waals surface area contributed by atoms with Crippen molar-refractivity contribution in [2.75, 3.05) is 6.61 Å². The van der Waals surface area contributed by atoms with E-state index in [0.717, 1.165) is 0 Å². The number of aliphatic hydroxyl groups excluding tert-OH is 1. The van der Waals surface area contributed by atoms with Crippen molar-refractivity contribution in [3.63, 3.8) is 0 Å². The highest BCUT2D eigenvalue weighted by atomic mass is 16.8. The van der Waals surface area contributed by atoms with Crippen LogP contribution >= 0.6 is 0 Å². The Balaban J connectivity index is 1.52. The fraction of sp³-hybridized carbons (Fsp3) is 0.548. The van der Waals surface area contributed by atoms with Crippen LogP contribution in [0.5, 0.6) is 11.5 Å². The molecule has 2 aliphatic heterocycles. The Bertz CT molecular complexity index is 1220. The number of cyclic esters (lactones) is 1. The summed E-state index contributed by atoms with van der Waals surface area (Å²) in [7, 11) is 0. The summed E-state index contributed by atoms with van der Waals surface area (Å²) in [6, 6.07) is 3.56. The first-order chi connectivity index (χ1) is 18.8. The van der Waals surface area contributed by atoms with Crippen LogP contribution in [0.15, 0.2) is 49.1 Å². The Morgan fingerprint density at radius 1 is 1.10 bits per heavy atom. The fourth-order valence-electron chi connectivity index (χ4n) is 4.81. The van der Waals surface area contributed by atoms with E-state index in [1.165, 1.54) is 0 Å². The zero-order chi connectivity index (χ0) is 29.1. The minimum atomic E-state index is -1.08. The number of esters is 1. The number of rotatable bonds is 11. The number of imidazole rings is 1. The van der Waals surface area contributed by atoms with Crippen molar-refractivity contribution >= 4 is 12.0 Å². The van der Waals surface area contributed by atoms with Gasteiger partial charge in [-0.05, 0) is 44.7 Å². The molecule has 0 radical (unpaired) electrons. The summed E-state index contributed by atoms with van der Waals surface area (Å²) in [6.45, 7) is 14.1. The average Bonchev–Trinajstić information content (AvgIpc) is 3.48. The molecule has 2 aliphatic rings. The molecule has 9 heteroatoms. The van der Waals surface area contributed by atoms with E-state index in [0.29, 0.717) is 42.2 Å². The minimum Gasteiger partial charge on any atom is -0.492 e. The van der Waals surface area contributed by atoms with Crippen LogP contribution in [0.4, 0.5) is 0 Å². The molecular weight excluding hydrogens is 512 g/mol. The van der Waals surface area contributed by atoms with Crippen molar-refractivity contribution in [2.24, 2.45) is 11.8 Å². The number of aromatic nitrogens is 2. The lowest BCUT2D eigenvalue weighted by atomic mass is 9.94. The normalized spacial score (nSPS) is 23.9. The molecule has 0 saturated carbocycles. The summed E-state index contributed by atoms with van der Waals surface area (Å²) in [6.07, 6.45) is 13.1. The van der Waals surface area contributed by atoms with Crippen LogP contribution < -0.4 is 9.47 Å². The summed E-state index contributed by atoms with van der Waals surface area (Å²) in [5.41, 5.74) is 1.01. The fourth-order valence-corrected chi connectivity index (χ4v) is 4.81. The minimum absolute atomic E-state index is 0.0451. The third-order valence-corrected chi connectivity index (χ3v) is 7.07. The zero-order valence-corrected chi connectivity index (χ0v) is 24.5. The third kappa shape index (κ3) is 7.53. The van der Waals surface area contributed by atoms with Crippen LogP contribution in [-0.2, 0) is 20.8 Å². The molecule has 1 aromatic carbocycles. The van der Waals surface area contributed by atoms with E-state index in [9.17, 15) is 9.90 Å². The molecule has 0 spiro atoms. The summed E-state index contributed by atoms with van der Waals surface area (Å²) in [5, 5.41) is 9.83. The Hall–Kier alpha value is -3.14. The number of benzene rings is 1. The molecular formula is C31H42N2O7. The van der Waals surface area contributed by atoms with Crippen molar-refractivity contribution in [1.82, 2.24) is 9.55 Å². The molecule has 1 aromatic heterocycles. The number of carbonyl (C=O) groups is 1. The summed E-state index contributed by atoms with van der Waals surface area (Å²) in [4.78, 5) is 17.0. The highest BCUT2D eigenvalue weighted by Crippen LogP contribution is 2.38. The van der Waals surface area contributed by atoms with Gasteiger partial charge in [0.2, 0.25) is 5.79 Å². The first-order valence-electron chi connectivity index (χ1n) is 13.9. The van der Waals surface area contributed by atoms with Crippen LogP contribution in [-0.4, -0.2) is 57.1 Å². The number of ether oxygens (including phenoxy) is 5. The van der Waals surface area contributed by atoms with E-state index in [2.05, 4.69) is 18.0 Å². The van der Waals surface area contributed by atoms with E-state index < -0.39 is 23.6 Å². The van der Waals surface area contributed by atoms with Gasteiger partial charge in [-0.25, -0.2) is 9.78 Å². The molecule has 0 unspecified atom stereocenters. The molecule has 4 rings (SSSR count). The molecule has 0 bridgehead atoms. The quantitative estimate of drug-likeness (QED) is 0.292. The topological polar surface area (TPSA) is 101 Å². The van der Waals surface area contributed by atoms with Gasteiger partial charge in [-0.1, -0.05) is 38.2 Å². The number of fused-ring (bicyclic) bond motifs is 1. The van der Waals surface area contributed by atoms with Crippen molar-refractivity contribution in [1.29, 1.82) is 0 Å². The van der Waals surface area contributed by atoms with Gasteiger partial charge >= 0.3 is 5.97 Å². The molecule has 0 aliphatic carbocycles. The zero-order valence-electron chi connectivity index (χ0n) is 24.5. The van der Waals surface area contributed by atoms with Gasteiger partial charge in [0.15, 0.2) is 5.79 Å². The van der Waals surface area contributed by atoms with Crippen molar-refractivity contribution in [2.45, 2.75) is 91.3 Å². The lowest BCUT2D eigenvalue weighted by molar-refractivity contribution is -0.148. The van der Waals surface area contributed by atoms with Crippen molar-refractivity contribution in [3.8, 4) is 11.5 Å². The predicted molar refractivity (Wildman–Crippen MR) is 151 cm³/mol. The summed E-state index contributed by atoms with van der Waals surface area (Å²) >= 11 is 0. The second-order valence-corrected chi connectivity index (χ2v) is 11.5. The summed E-state index contributed by atoms with van der Waals surface area (Å²) in [5.74, 6) is -1.10. The van der Waals surface area contributed by atoms with Gasteiger partial charge < -0.3 is 33.4 Å². The molecule has 1 saturated heterocycles. The van der Waals surface area contributed by atoms with Gasteiger partial charge in [-0.3, -0.25) is 0 Å². The van der Waals surface area contributed by atoms with Gasteiger partial charge in [0, 0.05) is 38.2 Å². The molecule has 5 atom stereocenters. The second-order valence-electron chi connectivity index (χ2n) is 11.5. The SMILES string of the molecule is C[C@H](O)[C@H](C)/C=C\[C@@H](C)[C@H]1OC(C)(C)O[C@H]1C/C=C/c1cc(OCCn2ccnc2)cc2c1C(=O)OC(C)(C)O2. The highest BCUT2D eigenvalue weighted by molar-refractivity contribution is 5.98. The molecule has 218 valence electrons. The third-order valence-electron chi connectivity index (χ3n) is 7.07. The Morgan fingerprint density at radius 2 is 1.88 bits per heavy atom. The van der Waals surface area contributed by atoms with Crippen LogP contribution in [0.3, 0.4) is 0 Å². The number of hydrogen-bond acceptors (Lipinski definition) is 8. The number of aliphatic hydroxyl groups is 1. The molecule has 9 nitrogen and oxygen atoms in total. The molecule has 3 heterocycles. The van der Waals surface area contributed by atoms with Gasteiger partial charge in [-0.2, -0.15) is 0 Å². The van der Waals surface area contributed by atoms with Crippen LogP contribution in [0.2, 0.25) is 0 Å². The van der Waals surface area contributed by atoms with Crippen LogP contribution in [0, 0.1) is 11.8 Å². The first kappa shape index (κ1) is 29.8. The molecule has 1 fully saturated rings. The Kier molecular flexibility index (Phi) is 9.07. The lowest BCUT2D eigenvalue weighted by Crippen LogP contribution is -2.39. The maximum absolute atomic E-state index is 13.0. The van der Waals surface area contributed by atoms with E-state index in [1.807, 2.05) is 55.8 Å². The maximum Gasteiger partial charge on any atom is 0.345 e. The maximum atomic E-state index is 13.0. The monoisotopic (exact) mass is 554 g/mol. The Labute approximate surface area is 236 Å². The van der Waals surface area contributed by atoms with Gasteiger partial charge in [0.1, 0.15) is 23.7 Å². The van der Waals surface area contributed by atoms with Gasteiger partial charge in [0.25, 0.3) is 0 Å². The Morgan fingerprint density at radius 3 is 2.58 bits per heavy atom. The lowest BCUT2D eigenvalue weighted by Gasteiger charge is -2.32. The molecule has 40 heavy (non-hydrogen) atoms. The smallest absolute Gasteiger partial charge is 0.345 e. The second kappa shape index (κ2) is 12.2. The summed E-state index contributed by atoms with van der Waals surface area (Å²) < 4.78 is 32.0. The van der Waals surface area contributed by atoms with Crippen LogP contribution in [0.25, 0.3) is 6.08 Å². The van der Waals surface area contributed by atoms with E-state index in [1.54, 1.807) is 39.4 Å². The number of hydrogen-bond donors (Lipinski definition) is 1. The van der Waals surface area contributed by atoms with E-state index in [4.69, 9.17) is 23.7 Å². The average molecular weight is 555 g/mol. The molecule has 0 amide bonds. The largest absolute Gasteiger partial charge is 0.492 e. The molecule has 1 N–H and O–H groups in total. The van der Waals surface area contributed by atoms with Gasteiger partial charge in [-0.15, -0.1) is 0 Å². The standard InChI is InChI=1S/C31H42N2O7/c1-20(22(3)34)11-12-21(2)28-25(37-30(4,5)39-28)10-8-9-23-17-24(36-16-15-33-14-13-32-19-33)18-26-27(23)29(35)40-31(6,7)38-26/h8-9,11-14,17-22,25,28,34H,10,15-16H2,1-7H3/b9-8+,12-11-/t20-,21-,22+,25+,28-/m1/s1.